The fraction of sp³-hybridized carbons (Fsp3) is 0.211. The summed E-state index contributed by atoms with van der Waals surface area (Å²) in [6.07, 6.45) is 2.74. The van der Waals surface area contributed by atoms with Gasteiger partial charge in [-0.15, -0.1) is 0 Å². The van der Waals surface area contributed by atoms with Crippen LogP contribution in [-0.4, -0.2) is 11.8 Å². The van der Waals surface area contributed by atoms with Crippen molar-refractivity contribution in [3.63, 3.8) is 0 Å². The summed E-state index contributed by atoms with van der Waals surface area (Å²) in [5.41, 5.74) is 4.77. The Morgan fingerprint density at radius 2 is 1.40 bits per heavy atom. The van der Waals surface area contributed by atoms with E-state index in [2.05, 4.69) is 45.4 Å². The molecule has 0 radical (unpaired) electrons. The van der Waals surface area contributed by atoms with Gasteiger partial charge in [-0.3, -0.25) is 9.59 Å². The van der Waals surface area contributed by atoms with Crippen molar-refractivity contribution in [3.8, 4) is 6.07 Å². The van der Waals surface area contributed by atoms with Crippen LogP contribution in [0.2, 0.25) is 0 Å². The number of amides is 2. The van der Waals surface area contributed by atoms with Gasteiger partial charge in [0.2, 0.25) is 11.8 Å². The van der Waals surface area contributed by atoms with Crippen molar-refractivity contribution in [2.24, 2.45) is 0 Å². The molecule has 25 heavy (non-hydrogen) atoms. The van der Waals surface area contributed by atoms with Crippen molar-refractivity contribution in [1.29, 1.82) is 5.26 Å². The molecular weight excluding hydrogens is 429 g/mol. The number of nitriles is 1. The Kier molecular flexibility index (Phi) is 5.34. The highest BCUT2D eigenvalue weighted by molar-refractivity contribution is 14.1. The highest BCUT2D eigenvalue weighted by Gasteiger charge is 2.14. The molecule has 0 saturated heterocycles. The molecule has 4 rings (SSSR count). The van der Waals surface area contributed by atoms with Crippen LogP contribution in [0.1, 0.15) is 29.5 Å². The Hall–Kier alpha value is -2.40. The minimum absolute atomic E-state index is 0.0530. The van der Waals surface area contributed by atoms with Crippen LogP contribution < -0.4 is 10.6 Å². The lowest BCUT2D eigenvalue weighted by Crippen LogP contribution is -2.18. The van der Waals surface area contributed by atoms with Crippen molar-refractivity contribution in [3.05, 3.63) is 56.7 Å². The number of benzene rings is 2. The van der Waals surface area contributed by atoms with Crippen LogP contribution >= 0.6 is 22.6 Å². The van der Waals surface area contributed by atoms with Crippen LogP contribution in [0.3, 0.4) is 0 Å². The van der Waals surface area contributed by atoms with Gasteiger partial charge >= 0.3 is 0 Å². The van der Waals surface area contributed by atoms with E-state index in [1.165, 1.54) is 9.13 Å². The molecule has 2 aromatic carbocycles. The van der Waals surface area contributed by atoms with Crippen molar-refractivity contribution in [2.75, 3.05) is 10.6 Å². The number of rotatable bonds is 0. The number of aryl methyl sites for hydroxylation is 2. The highest BCUT2D eigenvalue weighted by Crippen LogP contribution is 2.24. The first-order chi connectivity index (χ1) is 12.0. The molecule has 2 heterocycles. The van der Waals surface area contributed by atoms with Crippen LogP contribution in [0.4, 0.5) is 11.4 Å². The molecule has 0 unspecified atom stereocenters. The maximum atomic E-state index is 11.0. The minimum Gasteiger partial charge on any atom is -0.326 e. The van der Waals surface area contributed by atoms with Crippen molar-refractivity contribution >= 4 is 45.8 Å². The second kappa shape index (κ2) is 7.66. The number of halogens is 1. The summed E-state index contributed by atoms with van der Waals surface area (Å²) < 4.78 is 1.22. The Morgan fingerprint density at radius 1 is 0.840 bits per heavy atom. The predicted octanol–water partition coefficient (Wildman–Crippen LogP) is 3.62. The summed E-state index contributed by atoms with van der Waals surface area (Å²) in [5.74, 6) is 0.181. The second-order valence-electron chi connectivity index (χ2n) is 5.88. The van der Waals surface area contributed by atoms with Crippen LogP contribution in [0.5, 0.6) is 0 Å². The maximum Gasteiger partial charge on any atom is 0.224 e. The molecule has 0 aliphatic carbocycles. The SMILES string of the molecule is N#Cc1ccc2c(c1)CCC(=O)N2.O=C1CCc2cc(I)ccc2N1. The largest absolute Gasteiger partial charge is 0.326 e. The molecule has 0 spiro atoms. The molecule has 2 N–H and O–H groups in total. The molecule has 6 heteroatoms. The molecule has 0 atom stereocenters. The molecule has 2 aromatic rings. The standard InChI is InChI=1S/C10H8N2O.C9H8INO/c11-6-7-1-3-9-8(5-7)2-4-10(13)12-9;10-7-2-3-8-6(5-7)1-4-9(12)11-8/h1,3,5H,2,4H2,(H,12,13);2-3,5H,1,4H2,(H,11,12). The summed E-state index contributed by atoms with van der Waals surface area (Å²) in [7, 11) is 0. The zero-order valence-electron chi connectivity index (χ0n) is 13.4. The van der Waals surface area contributed by atoms with Crippen molar-refractivity contribution in [2.45, 2.75) is 25.7 Å². The van der Waals surface area contributed by atoms with E-state index in [0.717, 1.165) is 29.8 Å². The zero-order valence-corrected chi connectivity index (χ0v) is 15.6. The molecule has 0 saturated carbocycles. The van der Waals surface area contributed by atoms with E-state index < -0.39 is 0 Å². The van der Waals surface area contributed by atoms with E-state index in [1.54, 1.807) is 12.1 Å². The third kappa shape index (κ3) is 4.37. The Morgan fingerprint density at radius 3 is 2.00 bits per heavy atom. The summed E-state index contributed by atoms with van der Waals surface area (Å²) in [6, 6.07) is 13.5. The second-order valence-corrected chi connectivity index (χ2v) is 7.13. The van der Waals surface area contributed by atoms with Gasteiger partial charge in [-0.2, -0.15) is 5.26 Å². The Bertz CT molecular complexity index is 887. The van der Waals surface area contributed by atoms with E-state index in [4.69, 9.17) is 5.26 Å². The van der Waals surface area contributed by atoms with Crippen molar-refractivity contribution in [1.82, 2.24) is 0 Å². The van der Waals surface area contributed by atoms with E-state index >= 15 is 0 Å². The number of nitrogens with zero attached hydrogens (tertiary/aromatic N) is 1. The summed E-state index contributed by atoms with van der Waals surface area (Å²) in [4.78, 5) is 22.0. The third-order valence-corrected chi connectivity index (χ3v) is 4.76. The normalized spacial score (nSPS) is 14.7. The molecule has 2 aliphatic rings. The van der Waals surface area contributed by atoms with Crippen LogP contribution in [0.15, 0.2) is 36.4 Å². The number of anilines is 2. The summed E-state index contributed by atoms with van der Waals surface area (Å²) in [5, 5.41) is 14.3. The predicted molar refractivity (Wildman–Crippen MR) is 104 cm³/mol. The molecule has 5 nitrogen and oxygen atoms in total. The third-order valence-electron chi connectivity index (χ3n) is 4.09. The lowest BCUT2D eigenvalue weighted by molar-refractivity contribution is -0.117. The first kappa shape index (κ1) is 17.4. The van der Waals surface area contributed by atoms with E-state index in [9.17, 15) is 9.59 Å². The summed E-state index contributed by atoms with van der Waals surface area (Å²) in [6.45, 7) is 0. The average Bonchev–Trinajstić information content (AvgIpc) is 2.62. The van der Waals surface area contributed by atoms with E-state index in [-0.39, 0.29) is 11.8 Å². The number of carbonyl (C=O) groups excluding carboxylic acids is 2. The first-order valence-electron chi connectivity index (χ1n) is 7.96. The number of carbonyl (C=O) groups is 2. The van der Waals surface area contributed by atoms with Gasteiger partial charge in [-0.1, -0.05) is 0 Å². The number of fused-ring (bicyclic) bond motifs is 2. The van der Waals surface area contributed by atoms with E-state index in [1.807, 2.05) is 18.2 Å². The zero-order chi connectivity index (χ0) is 17.8. The fourth-order valence-corrected chi connectivity index (χ4v) is 3.36. The Labute approximate surface area is 159 Å². The van der Waals surface area contributed by atoms with Gasteiger partial charge < -0.3 is 10.6 Å². The van der Waals surface area contributed by atoms with Gasteiger partial charge in [0.05, 0.1) is 11.6 Å². The smallest absolute Gasteiger partial charge is 0.224 e. The Balaban J connectivity index is 0.000000146. The number of hydrogen-bond acceptors (Lipinski definition) is 3. The monoisotopic (exact) mass is 445 g/mol. The minimum atomic E-state index is 0.0530. The molecular formula is C19H16IN3O2. The van der Waals surface area contributed by atoms with Gasteiger partial charge in [0, 0.05) is 27.8 Å². The quantitative estimate of drug-likeness (QED) is 0.608. The van der Waals surface area contributed by atoms with Gasteiger partial charge in [0.25, 0.3) is 0 Å². The molecule has 2 aliphatic heterocycles. The molecule has 0 fully saturated rings. The number of nitrogens with one attached hydrogen (secondary N) is 2. The van der Waals surface area contributed by atoms with Gasteiger partial charge in [-0.25, -0.2) is 0 Å². The topological polar surface area (TPSA) is 82.0 Å². The molecule has 0 aromatic heterocycles. The van der Waals surface area contributed by atoms with Gasteiger partial charge in [0.15, 0.2) is 0 Å². The van der Waals surface area contributed by atoms with E-state index in [0.29, 0.717) is 18.4 Å². The van der Waals surface area contributed by atoms with Crippen LogP contribution in [-0.2, 0) is 22.4 Å². The maximum absolute atomic E-state index is 11.0. The lowest BCUT2D eigenvalue weighted by Gasteiger charge is -2.16. The molecule has 2 amide bonds. The number of hydrogen-bond donors (Lipinski definition) is 2. The first-order valence-corrected chi connectivity index (χ1v) is 9.04. The van der Waals surface area contributed by atoms with Gasteiger partial charge in [-0.05, 0) is 83.0 Å². The molecule has 126 valence electrons. The van der Waals surface area contributed by atoms with Crippen LogP contribution in [0.25, 0.3) is 0 Å². The van der Waals surface area contributed by atoms with Crippen LogP contribution in [0, 0.1) is 14.9 Å². The van der Waals surface area contributed by atoms with Crippen molar-refractivity contribution < 1.29 is 9.59 Å². The summed E-state index contributed by atoms with van der Waals surface area (Å²) >= 11 is 2.28. The van der Waals surface area contributed by atoms with Gasteiger partial charge in [0.1, 0.15) is 0 Å². The fourth-order valence-electron chi connectivity index (χ4n) is 2.80. The molecule has 0 bridgehead atoms. The highest BCUT2D eigenvalue weighted by atomic mass is 127. The average molecular weight is 445 g/mol. The lowest BCUT2D eigenvalue weighted by atomic mass is 10.0.